The fourth-order valence-electron chi connectivity index (χ4n) is 2.20. The van der Waals surface area contributed by atoms with E-state index < -0.39 is 44.4 Å². The summed E-state index contributed by atoms with van der Waals surface area (Å²) in [6.07, 6.45) is -10.3. The van der Waals surface area contributed by atoms with Crippen LogP contribution in [-0.2, 0) is 22.4 Å². The zero-order chi connectivity index (χ0) is 20.6. The van der Waals surface area contributed by atoms with Crippen molar-refractivity contribution in [3.8, 4) is 0 Å². The number of benzene rings is 2. The second-order valence-electron chi connectivity index (χ2n) is 5.64. The number of hydrogen-bond donors (Lipinski definition) is 1. The molecule has 0 aliphatic carbocycles. The third-order valence-electron chi connectivity index (χ3n) is 3.57. The number of alkyl halides is 6. The van der Waals surface area contributed by atoms with Gasteiger partial charge < -0.3 is 0 Å². The minimum atomic E-state index is -5.15. The van der Waals surface area contributed by atoms with Crippen LogP contribution in [-0.4, -0.2) is 8.42 Å². The molecule has 0 bridgehead atoms. The van der Waals surface area contributed by atoms with Crippen molar-refractivity contribution in [2.24, 2.45) is 0 Å². The minimum absolute atomic E-state index is 0.137. The predicted molar refractivity (Wildman–Crippen MR) is 86.6 cm³/mol. The van der Waals surface area contributed by atoms with Crippen molar-refractivity contribution in [3.05, 3.63) is 64.2 Å². The third kappa shape index (κ3) is 5.36. The summed E-state index contributed by atoms with van der Waals surface area (Å²) in [7, 11) is -4.67. The molecular weight excluding hydrogens is 420 g/mol. The molecule has 0 aliphatic rings. The van der Waals surface area contributed by atoms with Crippen LogP contribution >= 0.6 is 11.6 Å². The number of halogens is 7. The van der Waals surface area contributed by atoms with Gasteiger partial charge in [-0.05, 0) is 42.8 Å². The highest BCUT2D eigenvalue weighted by Gasteiger charge is 2.38. The van der Waals surface area contributed by atoms with Crippen LogP contribution in [0.1, 0.15) is 29.7 Å². The fourth-order valence-corrected chi connectivity index (χ4v) is 3.63. The van der Waals surface area contributed by atoms with Gasteiger partial charge in [-0.15, -0.1) is 0 Å². The van der Waals surface area contributed by atoms with Gasteiger partial charge in [0.15, 0.2) is 0 Å². The van der Waals surface area contributed by atoms with Crippen molar-refractivity contribution in [2.45, 2.75) is 30.2 Å². The van der Waals surface area contributed by atoms with Gasteiger partial charge in [0.2, 0.25) is 10.0 Å². The molecule has 1 unspecified atom stereocenters. The molecule has 0 saturated carbocycles. The van der Waals surface area contributed by atoms with Crippen LogP contribution in [0.3, 0.4) is 0 Å². The summed E-state index contributed by atoms with van der Waals surface area (Å²) in [5.74, 6) is 0. The first kappa shape index (κ1) is 21.5. The standard InChI is InChI=1S/C16H12ClF6NO2S/c1-9(10-2-4-13(17)5-3-10)24-27(25,26)14-7-11(15(18,19)20)6-12(8-14)16(21,22)23/h2-9,24H,1H3. The van der Waals surface area contributed by atoms with Gasteiger partial charge in [-0.2, -0.15) is 26.3 Å². The fraction of sp³-hybridized carbons (Fsp3) is 0.250. The molecular formula is C16H12ClF6NO2S. The van der Waals surface area contributed by atoms with Crippen molar-refractivity contribution < 1.29 is 34.8 Å². The molecule has 2 aromatic carbocycles. The van der Waals surface area contributed by atoms with Gasteiger partial charge in [-0.25, -0.2) is 13.1 Å². The minimum Gasteiger partial charge on any atom is -0.207 e. The van der Waals surface area contributed by atoms with E-state index in [1.54, 1.807) is 0 Å². The Morgan fingerprint density at radius 3 is 1.74 bits per heavy atom. The van der Waals surface area contributed by atoms with E-state index in [1.165, 1.54) is 31.2 Å². The van der Waals surface area contributed by atoms with Crippen molar-refractivity contribution in [1.82, 2.24) is 4.72 Å². The lowest BCUT2D eigenvalue weighted by Gasteiger charge is -2.17. The molecule has 0 amide bonds. The van der Waals surface area contributed by atoms with Gasteiger partial charge in [0, 0.05) is 11.1 Å². The van der Waals surface area contributed by atoms with Gasteiger partial charge in [0.05, 0.1) is 16.0 Å². The Balaban J connectivity index is 2.46. The van der Waals surface area contributed by atoms with Crippen LogP contribution in [0.5, 0.6) is 0 Å². The summed E-state index contributed by atoms with van der Waals surface area (Å²) in [6, 6.07) is 5.14. The lowest BCUT2D eigenvalue weighted by Crippen LogP contribution is -2.27. The molecule has 0 saturated heterocycles. The summed E-state index contributed by atoms with van der Waals surface area (Å²) in [6.45, 7) is 1.39. The largest absolute Gasteiger partial charge is 0.416 e. The van der Waals surface area contributed by atoms with Gasteiger partial charge >= 0.3 is 12.4 Å². The first-order valence-corrected chi connectivity index (χ1v) is 9.13. The van der Waals surface area contributed by atoms with E-state index in [1.807, 2.05) is 0 Å². The summed E-state index contributed by atoms with van der Waals surface area (Å²) in [4.78, 5) is -1.13. The smallest absolute Gasteiger partial charge is 0.207 e. The van der Waals surface area contributed by atoms with Crippen molar-refractivity contribution >= 4 is 21.6 Å². The predicted octanol–water partition coefficient (Wildman–Crippen LogP) is 5.42. The van der Waals surface area contributed by atoms with Crippen LogP contribution in [0.4, 0.5) is 26.3 Å². The molecule has 2 rings (SSSR count). The third-order valence-corrected chi connectivity index (χ3v) is 5.35. The zero-order valence-electron chi connectivity index (χ0n) is 13.5. The number of sulfonamides is 1. The Hall–Kier alpha value is -1.78. The Bertz CT molecular complexity index is 891. The second-order valence-corrected chi connectivity index (χ2v) is 7.79. The van der Waals surface area contributed by atoms with Crippen LogP contribution in [0.15, 0.2) is 47.4 Å². The van der Waals surface area contributed by atoms with Gasteiger partial charge in [0.25, 0.3) is 0 Å². The van der Waals surface area contributed by atoms with E-state index in [0.29, 0.717) is 10.6 Å². The molecule has 0 spiro atoms. The van der Waals surface area contributed by atoms with Crippen molar-refractivity contribution in [1.29, 1.82) is 0 Å². The molecule has 2 aromatic rings. The molecule has 11 heteroatoms. The van der Waals surface area contributed by atoms with Crippen LogP contribution < -0.4 is 4.72 Å². The van der Waals surface area contributed by atoms with E-state index in [0.717, 1.165) is 0 Å². The van der Waals surface area contributed by atoms with E-state index in [4.69, 9.17) is 11.6 Å². The second kappa shape index (κ2) is 7.33. The Labute approximate surface area is 156 Å². The highest BCUT2D eigenvalue weighted by atomic mass is 35.5. The van der Waals surface area contributed by atoms with Gasteiger partial charge in [-0.1, -0.05) is 23.7 Å². The molecule has 1 N–H and O–H groups in total. The average molecular weight is 432 g/mol. The quantitative estimate of drug-likeness (QED) is 0.657. The lowest BCUT2D eigenvalue weighted by atomic mass is 10.1. The number of rotatable bonds is 4. The van der Waals surface area contributed by atoms with Crippen LogP contribution in [0.2, 0.25) is 5.02 Å². The molecule has 0 radical (unpaired) electrons. The van der Waals surface area contributed by atoms with E-state index in [9.17, 15) is 34.8 Å². The highest BCUT2D eigenvalue weighted by Crippen LogP contribution is 2.37. The summed E-state index contributed by atoms with van der Waals surface area (Å²) >= 11 is 5.71. The Kier molecular flexibility index (Phi) is 5.84. The van der Waals surface area contributed by atoms with Crippen molar-refractivity contribution in [2.75, 3.05) is 0 Å². The first-order chi connectivity index (χ1) is 12.2. The average Bonchev–Trinajstić information content (AvgIpc) is 2.53. The normalized spacial score (nSPS) is 14.2. The summed E-state index contributed by atoms with van der Waals surface area (Å²) in [5.41, 5.74) is -3.00. The molecule has 27 heavy (non-hydrogen) atoms. The maximum Gasteiger partial charge on any atom is 0.416 e. The molecule has 0 fully saturated rings. The Morgan fingerprint density at radius 1 is 0.889 bits per heavy atom. The van der Waals surface area contributed by atoms with Crippen molar-refractivity contribution in [3.63, 3.8) is 0 Å². The molecule has 3 nitrogen and oxygen atoms in total. The first-order valence-electron chi connectivity index (χ1n) is 7.27. The number of nitrogens with one attached hydrogen (secondary N) is 1. The lowest BCUT2D eigenvalue weighted by molar-refractivity contribution is -0.143. The Morgan fingerprint density at radius 2 is 1.33 bits per heavy atom. The SMILES string of the molecule is CC(NS(=O)(=O)c1cc(C(F)(F)F)cc(C(F)(F)F)c1)c1ccc(Cl)cc1. The van der Waals surface area contributed by atoms with Crippen LogP contribution in [0, 0.1) is 0 Å². The topological polar surface area (TPSA) is 46.2 Å². The van der Waals surface area contributed by atoms with E-state index in [2.05, 4.69) is 4.72 Å². The number of hydrogen-bond acceptors (Lipinski definition) is 2. The maximum absolute atomic E-state index is 12.9. The summed E-state index contributed by atoms with van der Waals surface area (Å²) < 4.78 is 104. The molecule has 0 aromatic heterocycles. The summed E-state index contributed by atoms with van der Waals surface area (Å²) in [5, 5.41) is 0.376. The molecule has 1 atom stereocenters. The van der Waals surface area contributed by atoms with Gasteiger partial charge in [0.1, 0.15) is 0 Å². The highest BCUT2D eigenvalue weighted by molar-refractivity contribution is 7.89. The molecule has 148 valence electrons. The van der Waals surface area contributed by atoms with E-state index in [-0.39, 0.29) is 18.2 Å². The molecule has 0 heterocycles. The van der Waals surface area contributed by atoms with Gasteiger partial charge in [-0.3, -0.25) is 0 Å². The zero-order valence-corrected chi connectivity index (χ0v) is 15.1. The monoisotopic (exact) mass is 431 g/mol. The maximum atomic E-state index is 12.9. The molecule has 0 aliphatic heterocycles. The van der Waals surface area contributed by atoms with E-state index >= 15 is 0 Å². The van der Waals surface area contributed by atoms with Crippen LogP contribution in [0.25, 0.3) is 0 Å².